The molecule has 0 atom stereocenters. The van der Waals surface area contributed by atoms with Gasteiger partial charge in [-0.3, -0.25) is 9.78 Å². The van der Waals surface area contributed by atoms with E-state index in [1.54, 1.807) is 18.5 Å². The summed E-state index contributed by atoms with van der Waals surface area (Å²) in [4.78, 5) is 20.5. The number of amides is 1. The van der Waals surface area contributed by atoms with E-state index in [0.717, 1.165) is 41.9 Å². The summed E-state index contributed by atoms with van der Waals surface area (Å²) >= 11 is 3.44. The fourth-order valence-electron chi connectivity index (χ4n) is 2.62. The van der Waals surface area contributed by atoms with Gasteiger partial charge in [0.25, 0.3) is 0 Å². The van der Waals surface area contributed by atoms with E-state index in [1.165, 1.54) is 0 Å². The van der Waals surface area contributed by atoms with E-state index in [4.69, 9.17) is 0 Å². The van der Waals surface area contributed by atoms with Crippen LogP contribution < -0.4 is 4.90 Å². The van der Waals surface area contributed by atoms with Gasteiger partial charge in [-0.15, -0.1) is 0 Å². The number of carbonyl (C=O) groups excluding carboxylic acids is 1. The largest absolute Gasteiger partial charge is 0.368 e. The first kappa shape index (κ1) is 15.7. The Morgan fingerprint density at radius 2 is 1.83 bits per heavy atom. The molecule has 1 aromatic carbocycles. The van der Waals surface area contributed by atoms with Gasteiger partial charge < -0.3 is 9.80 Å². The highest BCUT2D eigenvalue weighted by Gasteiger charge is 2.19. The zero-order valence-electron chi connectivity index (χ0n) is 12.7. The average Bonchev–Trinajstić information content (AvgIpc) is 2.61. The standard InChI is InChI=1S/C18H18BrN3O/c19-16-3-1-2-15(14-16)4-5-18(23)22-12-10-21(11-13-22)17-6-8-20-9-7-17/h1-9,14H,10-13H2/b5-4+. The highest BCUT2D eigenvalue weighted by molar-refractivity contribution is 9.10. The quantitative estimate of drug-likeness (QED) is 0.777. The van der Waals surface area contributed by atoms with Crippen molar-refractivity contribution in [1.82, 2.24) is 9.88 Å². The van der Waals surface area contributed by atoms with Crippen LogP contribution in [0.1, 0.15) is 5.56 Å². The molecule has 2 heterocycles. The summed E-state index contributed by atoms with van der Waals surface area (Å²) in [6, 6.07) is 11.9. The Labute approximate surface area is 144 Å². The van der Waals surface area contributed by atoms with Crippen molar-refractivity contribution >= 4 is 33.6 Å². The first-order chi connectivity index (χ1) is 11.2. The highest BCUT2D eigenvalue weighted by atomic mass is 79.9. The Kier molecular flexibility index (Phi) is 5.08. The Hall–Kier alpha value is -2.14. The van der Waals surface area contributed by atoms with Crippen molar-refractivity contribution in [1.29, 1.82) is 0 Å². The van der Waals surface area contributed by atoms with Gasteiger partial charge in [0, 0.05) is 54.8 Å². The maximum atomic E-state index is 12.3. The Morgan fingerprint density at radius 1 is 1.09 bits per heavy atom. The highest BCUT2D eigenvalue weighted by Crippen LogP contribution is 2.16. The zero-order chi connectivity index (χ0) is 16.1. The van der Waals surface area contributed by atoms with E-state index >= 15 is 0 Å². The minimum absolute atomic E-state index is 0.0688. The molecule has 0 unspecified atom stereocenters. The Morgan fingerprint density at radius 3 is 2.52 bits per heavy atom. The SMILES string of the molecule is O=C(/C=C/c1cccc(Br)c1)N1CCN(c2ccncc2)CC1. The summed E-state index contributed by atoms with van der Waals surface area (Å²) in [5.41, 5.74) is 2.18. The molecule has 118 valence electrons. The molecule has 0 N–H and O–H groups in total. The molecule has 1 amide bonds. The molecule has 1 aliphatic rings. The van der Waals surface area contributed by atoms with Gasteiger partial charge in [0.1, 0.15) is 0 Å². The lowest BCUT2D eigenvalue weighted by molar-refractivity contribution is -0.126. The molecule has 3 rings (SSSR count). The molecule has 1 saturated heterocycles. The van der Waals surface area contributed by atoms with Gasteiger partial charge in [-0.05, 0) is 35.9 Å². The second kappa shape index (κ2) is 7.42. The van der Waals surface area contributed by atoms with Gasteiger partial charge in [0.05, 0.1) is 0 Å². The minimum atomic E-state index is 0.0688. The van der Waals surface area contributed by atoms with E-state index in [0.29, 0.717) is 0 Å². The average molecular weight is 372 g/mol. The number of hydrogen-bond donors (Lipinski definition) is 0. The fraction of sp³-hybridized carbons (Fsp3) is 0.222. The number of carbonyl (C=O) groups is 1. The second-order valence-electron chi connectivity index (χ2n) is 5.41. The molecule has 0 aliphatic carbocycles. The van der Waals surface area contributed by atoms with E-state index in [9.17, 15) is 4.79 Å². The topological polar surface area (TPSA) is 36.4 Å². The number of anilines is 1. The molecule has 4 nitrogen and oxygen atoms in total. The number of piperazine rings is 1. The van der Waals surface area contributed by atoms with Crippen LogP contribution in [0.2, 0.25) is 0 Å². The molecular formula is C18H18BrN3O. The maximum absolute atomic E-state index is 12.3. The van der Waals surface area contributed by atoms with Gasteiger partial charge in [-0.1, -0.05) is 28.1 Å². The maximum Gasteiger partial charge on any atom is 0.246 e. The van der Waals surface area contributed by atoms with E-state index in [1.807, 2.05) is 47.4 Å². The molecule has 0 saturated carbocycles. The molecule has 0 radical (unpaired) electrons. The van der Waals surface area contributed by atoms with E-state index in [2.05, 4.69) is 25.8 Å². The number of hydrogen-bond acceptors (Lipinski definition) is 3. The molecule has 0 bridgehead atoms. The van der Waals surface area contributed by atoms with Crippen LogP contribution in [-0.2, 0) is 4.79 Å². The van der Waals surface area contributed by atoms with Gasteiger partial charge >= 0.3 is 0 Å². The molecule has 2 aromatic rings. The normalized spacial score (nSPS) is 15.2. The molecule has 1 fully saturated rings. The lowest BCUT2D eigenvalue weighted by Gasteiger charge is -2.35. The van der Waals surface area contributed by atoms with Crippen LogP contribution >= 0.6 is 15.9 Å². The summed E-state index contributed by atoms with van der Waals surface area (Å²) in [6.07, 6.45) is 7.12. The van der Waals surface area contributed by atoms with Crippen LogP contribution in [0.25, 0.3) is 6.08 Å². The van der Waals surface area contributed by atoms with Crippen molar-refractivity contribution in [2.45, 2.75) is 0 Å². The van der Waals surface area contributed by atoms with Crippen molar-refractivity contribution < 1.29 is 4.79 Å². The number of benzene rings is 1. The van der Waals surface area contributed by atoms with Crippen LogP contribution in [-0.4, -0.2) is 42.0 Å². The first-order valence-electron chi connectivity index (χ1n) is 7.60. The lowest BCUT2D eigenvalue weighted by Crippen LogP contribution is -2.48. The van der Waals surface area contributed by atoms with Crippen LogP contribution in [0, 0.1) is 0 Å². The first-order valence-corrected chi connectivity index (χ1v) is 8.39. The van der Waals surface area contributed by atoms with Crippen LogP contribution in [0.15, 0.2) is 59.3 Å². The van der Waals surface area contributed by atoms with Crippen molar-refractivity contribution in [3.63, 3.8) is 0 Å². The third-order valence-corrected chi connectivity index (χ3v) is 4.38. The van der Waals surface area contributed by atoms with Crippen LogP contribution in [0.5, 0.6) is 0 Å². The smallest absolute Gasteiger partial charge is 0.246 e. The Bertz CT molecular complexity index is 694. The third kappa shape index (κ3) is 4.20. The second-order valence-corrected chi connectivity index (χ2v) is 6.32. The summed E-state index contributed by atoms with van der Waals surface area (Å²) in [6.45, 7) is 3.18. The molecule has 1 aromatic heterocycles. The zero-order valence-corrected chi connectivity index (χ0v) is 14.3. The number of rotatable bonds is 3. The predicted octanol–water partition coefficient (Wildman–Crippen LogP) is 3.21. The minimum Gasteiger partial charge on any atom is -0.368 e. The summed E-state index contributed by atoms with van der Waals surface area (Å²) in [5.74, 6) is 0.0688. The summed E-state index contributed by atoms with van der Waals surface area (Å²) in [5, 5.41) is 0. The van der Waals surface area contributed by atoms with Gasteiger partial charge in [0.15, 0.2) is 0 Å². The van der Waals surface area contributed by atoms with Crippen LogP contribution in [0.4, 0.5) is 5.69 Å². The third-order valence-electron chi connectivity index (χ3n) is 3.89. The molecule has 1 aliphatic heterocycles. The number of aromatic nitrogens is 1. The van der Waals surface area contributed by atoms with Gasteiger partial charge in [0.2, 0.25) is 5.91 Å². The molecule has 5 heteroatoms. The molecule has 0 spiro atoms. The van der Waals surface area contributed by atoms with E-state index < -0.39 is 0 Å². The number of nitrogens with zero attached hydrogens (tertiary/aromatic N) is 3. The number of pyridine rings is 1. The molecule has 23 heavy (non-hydrogen) atoms. The summed E-state index contributed by atoms with van der Waals surface area (Å²) < 4.78 is 1.01. The lowest BCUT2D eigenvalue weighted by atomic mass is 10.2. The van der Waals surface area contributed by atoms with Crippen molar-refractivity contribution in [2.24, 2.45) is 0 Å². The fourth-order valence-corrected chi connectivity index (χ4v) is 3.04. The predicted molar refractivity (Wildman–Crippen MR) is 96.2 cm³/mol. The Balaban J connectivity index is 1.56. The number of halogens is 1. The van der Waals surface area contributed by atoms with Crippen LogP contribution in [0.3, 0.4) is 0 Å². The van der Waals surface area contributed by atoms with Gasteiger partial charge in [-0.2, -0.15) is 0 Å². The van der Waals surface area contributed by atoms with Crippen molar-refractivity contribution in [2.75, 3.05) is 31.1 Å². The van der Waals surface area contributed by atoms with Crippen molar-refractivity contribution in [3.8, 4) is 0 Å². The van der Waals surface area contributed by atoms with E-state index in [-0.39, 0.29) is 5.91 Å². The monoisotopic (exact) mass is 371 g/mol. The summed E-state index contributed by atoms with van der Waals surface area (Å²) in [7, 11) is 0. The van der Waals surface area contributed by atoms with Gasteiger partial charge in [-0.25, -0.2) is 0 Å². The van der Waals surface area contributed by atoms with Crippen molar-refractivity contribution in [3.05, 3.63) is 64.9 Å². The molecular weight excluding hydrogens is 354 g/mol.